The predicted octanol–water partition coefficient (Wildman–Crippen LogP) is -0.126. The molecule has 3 N–H and O–H groups in total. The zero-order valence-electron chi connectivity index (χ0n) is 9.35. The normalized spacial score (nSPS) is 12.1. The van der Waals surface area contributed by atoms with Gasteiger partial charge in [0.2, 0.25) is 5.91 Å². The van der Waals surface area contributed by atoms with Crippen LogP contribution in [0.25, 0.3) is 0 Å². The molecule has 1 unspecified atom stereocenters. The molecule has 0 fully saturated rings. The molecule has 88 valence electrons. The third kappa shape index (κ3) is 2.93. The van der Waals surface area contributed by atoms with Gasteiger partial charge in [-0.1, -0.05) is 13.0 Å². The first-order valence-electron chi connectivity index (χ1n) is 5.35. The molecule has 1 aromatic heterocycles. The summed E-state index contributed by atoms with van der Waals surface area (Å²) in [6, 6.07) is 4.38. The van der Waals surface area contributed by atoms with Crippen LogP contribution in [0, 0.1) is 0 Å². The molecule has 5 heteroatoms. The molecule has 1 rings (SSSR count). The molecular weight excluding hydrogens is 206 g/mol. The van der Waals surface area contributed by atoms with E-state index in [0.29, 0.717) is 19.5 Å². The van der Waals surface area contributed by atoms with Gasteiger partial charge in [-0.15, -0.1) is 0 Å². The monoisotopic (exact) mass is 223 g/mol. The van der Waals surface area contributed by atoms with Crippen LogP contribution in [-0.4, -0.2) is 23.6 Å². The van der Waals surface area contributed by atoms with Crippen LogP contribution >= 0.6 is 0 Å². The summed E-state index contributed by atoms with van der Waals surface area (Å²) in [5.74, 6) is -0.166. The molecule has 16 heavy (non-hydrogen) atoms. The second kappa shape index (κ2) is 6.07. The summed E-state index contributed by atoms with van der Waals surface area (Å²) in [5.41, 5.74) is 5.13. The van der Waals surface area contributed by atoms with Crippen molar-refractivity contribution < 1.29 is 4.79 Å². The minimum absolute atomic E-state index is 0.166. The minimum Gasteiger partial charge on any atom is -0.353 e. The number of carbonyl (C=O) groups excluding carboxylic acids is 1. The topological polar surface area (TPSA) is 77.1 Å². The van der Waals surface area contributed by atoms with Crippen molar-refractivity contribution in [3.8, 4) is 0 Å². The second-order valence-corrected chi connectivity index (χ2v) is 3.45. The predicted molar refractivity (Wildman–Crippen MR) is 62.1 cm³/mol. The molecule has 0 saturated heterocycles. The van der Waals surface area contributed by atoms with E-state index in [4.69, 9.17) is 5.73 Å². The lowest BCUT2D eigenvalue weighted by Gasteiger charge is -2.17. The Labute approximate surface area is 94.3 Å². The zero-order chi connectivity index (χ0) is 12.0. The first kappa shape index (κ1) is 12.4. The van der Waals surface area contributed by atoms with Gasteiger partial charge in [0.25, 0.3) is 5.56 Å². The lowest BCUT2D eigenvalue weighted by molar-refractivity contribution is -0.124. The van der Waals surface area contributed by atoms with Crippen LogP contribution in [0.3, 0.4) is 0 Å². The van der Waals surface area contributed by atoms with Gasteiger partial charge in [0.15, 0.2) is 0 Å². The van der Waals surface area contributed by atoms with E-state index >= 15 is 0 Å². The lowest BCUT2D eigenvalue weighted by Crippen LogP contribution is -2.38. The number of amides is 1. The Hall–Kier alpha value is -1.62. The molecule has 0 aliphatic heterocycles. The van der Waals surface area contributed by atoms with Crippen LogP contribution < -0.4 is 16.6 Å². The van der Waals surface area contributed by atoms with E-state index in [2.05, 4.69) is 5.32 Å². The van der Waals surface area contributed by atoms with Gasteiger partial charge in [0.05, 0.1) is 0 Å². The molecule has 5 nitrogen and oxygen atoms in total. The fourth-order valence-corrected chi connectivity index (χ4v) is 1.52. The summed E-state index contributed by atoms with van der Waals surface area (Å²) in [7, 11) is 0. The summed E-state index contributed by atoms with van der Waals surface area (Å²) in [4.78, 5) is 23.3. The van der Waals surface area contributed by atoms with Crippen LogP contribution in [0.4, 0.5) is 0 Å². The number of nitrogens with one attached hydrogen (secondary N) is 1. The average Bonchev–Trinajstić information content (AvgIpc) is 2.30. The Bertz CT molecular complexity index is 400. The van der Waals surface area contributed by atoms with Crippen molar-refractivity contribution in [1.29, 1.82) is 0 Å². The highest BCUT2D eigenvalue weighted by atomic mass is 16.2. The first-order valence-corrected chi connectivity index (χ1v) is 5.35. The summed E-state index contributed by atoms with van der Waals surface area (Å²) < 4.78 is 1.44. The highest BCUT2D eigenvalue weighted by Crippen LogP contribution is 2.07. The van der Waals surface area contributed by atoms with Crippen LogP contribution in [0.5, 0.6) is 0 Å². The molecule has 0 aliphatic carbocycles. The van der Waals surface area contributed by atoms with Gasteiger partial charge in [-0.05, 0) is 12.5 Å². The van der Waals surface area contributed by atoms with Crippen molar-refractivity contribution in [2.24, 2.45) is 5.73 Å². The van der Waals surface area contributed by atoms with Crippen LogP contribution in [0.15, 0.2) is 29.2 Å². The number of carbonyl (C=O) groups is 1. The zero-order valence-corrected chi connectivity index (χ0v) is 9.35. The Morgan fingerprint density at radius 3 is 2.88 bits per heavy atom. The fraction of sp³-hybridized carbons (Fsp3) is 0.455. The standard InChI is InChI=1S/C11H17N3O2/c1-2-9(11(16)13-7-6-12)14-8-4-3-5-10(14)15/h3-5,8-9H,2,6-7,12H2,1H3,(H,13,16). The minimum atomic E-state index is -0.458. The molecule has 1 amide bonds. The largest absolute Gasteiger partial charge is 0.353 e. The van der Waals surface area contributed by atoms with E-state index in [9.17, 15) is 9.59 Å². The van der Waals surface area contributed by atoms with Gasteiger partial charge in [-0.3, -0.25) is 9.59 Å². The molecule has 0 aliphatic rings. The molecule has 1 aromatic rings. The molecule has 0 bridgehead atoms. The van der Waals surface area contributed by atoms with Crippen LogP contribution in [0.1, 0.15) is 19.4 Å². The lowest BCUT2D eigenvalue weighted by atomic mass is 10.2. The molecule has 0 aromatic carbocycles. The van der Waals surface area contributed by atoms with Gasteiger partial charge in [0.1, 0.15) is 6.04 Å². The quantitative estimate of drug-likeness (QED) is 0.730. The number of nitrogens with zero attached hydrogens (tertiary/aromatic N) is 1. The van der Waals surface area contributed by atoms with Crippen molar-refractivity contribution >= 4 is 5.91 Å². The van der Waals surface area contributed by atoms with E-state index in [0.717, 1.165) is 0 Å². The Balaban J connectivity index is 2.86. The smallest absolute Gasteiger partial charge is 0.251 e. The number of nitrogens with two attached hydrogens (primary N) is 1. The maximum atomic E-state index is 11.8. The van der Waals surface area contributed by atoms with E-state index in [1.54, 1.807) is 18.3 Å². The van der Waals surface area contributed by atoms with Gasteiger partial charge in [-0.25, -0.2) is 0 Å². The molecule has 1 heterocycles. The summed E-state index contributed by atoms with van der Waals surface area (Å²) in [5, 5.41) is 2.69. The SMILES string of the molecule is CCC(C(=O)NCCN)n1ccccc1=O. The van der Waals surface area contributed by atoms with Crippen LogP contribution in [-0.2, 0) is 4.79 Å². The van der Waals surface area contributed by atoms with Crippen molar-refractivity contribution in [3.63, 3.8) is 0 Å². The summed E-state index contributed by atoms with van der Waals surface area (Å²) in [6.45, 7) is 2.69. The Morgan fingerprint density at radius 1 is 1.56 bits per heavy atom. The molecule has 0 radical (unpaired) electrons. The van der Waals surface area contributed by atoms with Crippen molar-refractivity contribution in [1.82, 2.24) is 9.88 Å². The number of hydrogen-bond donors (Lipinski definition) is 2. The van der Waals surface area contributed by atoms with E-state index in [1.165, 1.54) is 10.6 Å². The van der Waals surface area contributed by atoms with Crippen molar-refractivity contribution in [2.45, 2.75) is 19.4 Å². The van der Waals surface area contributed by atoms with Gasteiger partial charge in [0, 0.05) is 25.4 Å². The van der Waals surface area contributed by atoms with Crippen molar-refractivity contribution in [3.05, 3.63) is 34.7 Å². The third-order valence-corrected chi connectivity index (χ3v) is 2.32. The number of pyridine rings is 1. The van der Waals surface area contributed by atoms with Crippen molar-refractivity contribution in [2.75, 3.05) is 13.1 Å². The number of rotatable bonds is 5. The second-order valence-electron chi connectivity index (χ2n) is 3.45. The fourth-order valence-electron chi connectivity index (χ4n) is 1.52. The number of aromatic nitrogens is 1. The molecule has 0 saturated carbocycles. The maximum Gasteiger partial charge on any atom is 0.251 e. The third-order valence-electron chi connectivity index (χ3n) is 2.32. The highest BCUT2D eigenvalue weighted by Gasteiger charge is 2.17. The molecular formula is C11H17N3O2. The highest BCUT2D eigenvalue weighted by molar-refractivity contribution is 5.80. The summed E-state index contributed by atoms with van der Waals surface area (Å²) >= 11 is 0. The van der Waals surface area contributed by atoms with Gasteiger partial charge >= 0.3 is 0 Å². The van der Waals surface area contributed by atoms with Gasteiger partial charge in [-0.2, -0.15) is 0 Å². The Kier molecular flexibility index (Phi) is 4.72. The van der Waals surface area contributed by atoms with E-state index in [-0.39, 0.29) is 11.5 Å². The average molecular weight is 223 g/mol. The first-order chi connectivity index (χ1) is 7.70. The number of hydrogen-bond acceptors (Lipinski definition) is 3. The van der Waals surface area contributed by atoms with E-state index < -0.39 is 6.04 Å². The van der Waals surface area contributed by atoms with Crippen LogP contribution in [0.2, 0.25) is 0 Å². The van der Waals surface area contributed by atoms with Gasteiger partial charge < -0.3 is 15.6 Å². The maximum absolute atomic E-state index is 11.8. The summed E-state index contributed by atoms with van der Waals surface area (Å²) in [6.07, 6.45) is 2.19. The molecule has 1 atom stereocenters. The Morgan fingerprint density at radius 2 is 2.31 bits per heavy atom. The van der Waals surface area contributed by atoms with E-state index in [1.807, 2.05) is 6.92 Å². The molecule has 0 spiro atoms.